The molecule has 0 radical (unpaired) electrons. The summed E-state index contributed by atoms with van der Waals surface area (Å²) in [6.07, 6.45) is 2.06. The summed E-state index contributed by atoms with van der Waals surface area (Å²) in [5, 5.41) is 3.39. The predicted molar refractivity (Wildman–Crippen MR) is 83.5 cm³/mol. The molecule has 1 aromatic rings. The van der Waals surface area contributed by atoms with Gasteiger partial charge in [-0.15, -0.1) is 11.3 Å². The van der Waals surface area contributed by atoms with Crippen LogP contribution in [0.15, 0.2) is 40.5 Å². The van der Waals surface area contributed by atoms with Crippen molar-refractivity contribution in [2.45, 2.75) is 26.7 Å². The lowest BCUT2D eigenvalue weighted by atomic mass is 9.97. The number of fused-ring (bicyclic) bond motifs is 3. The summed E-state index contributed by atoms with van der Waals surface area (Å²) in [4.78, 5) is 11.6. The maximum Gasteiger partial charge on any atom is 0.179 e. The van der Waals surface area contributed by atoms with Crippen molar-refractivity contribution in [2.24, 2.45) is 0 Å². The zero-order valence-electron chi connectivity index (χ0n) is 11.2. The first-order valence-electron chi connectivity index (χ1n) is 6.70. The van der Waals surface area contributed by atoms with E-state index in [-0.39, 0.29) is 5.43 Å². The normalized spacial score (nSPS) is 11.3. The second-order valence-electron chi connectivity index (χ2n) is 4.82. The van der Waals surface area contributed by atoms with E-state index < -0.39 is 0 Å². The minimum Gasteiger partial charge on any atom is -0.290 e. The van der Waals surface area contributed by atoms with Gasteiger partial charge in [0.2, 0.25) is 0 Å². The Hall–Kier alpha value is -1.67. The highest BCUT2D eigenvalue weighted by Gasteiger charge is 2.11. The molecule has 1 nitrogen and oxygen atoms in total. The van der Waals surface area contributed by atoms with Crippen molar-refractivity contribution < 1.29 is 0 Å². The van der Waals surface area contributed by atoms with Gasteiger partial charge in [0.05, 0.1) is 0 Å². The van der Waals surface area contributed by atoms with Crippen molar-refractivity contribution >= 4 is 21.4 Å². The molecule has 2 heteroatoms. The molecule has 0 amide bonds. The molecule has 0 saturated heterocycles. The number of hydrogen-bond donors (Lipinski definition) is 0. The van der Waals surface area contributed by atoms with Crippen LogP contribution in [0, 0.1) is 0 Å². The Morgan fingerprint density at radius 3 is 2.63 bits per heavy atom. The molecule has 2 aliphatic rings. The maximum absolute atomic E-state index is 11.6. The molecule has 0 atom stereocenters. The molecule has 19 heavy (non-hydrogen) atoms. The van der Waals surface area contributed by atoms with Crippen molar-refractivity contribution in [1.29, 1.82) is 0 Å². The van der Waals surface area contributed by atoms with Gasteiger partial charge in [-0.25, -0.2) is 0 Å². The van der Waals surface area contributed by atoms with Gasteiger partial charge in [-0.1, -0.05) is 19.9 Å². The van der Waals surface area contributed by atoms with Crippen molar-refractivity contribution in [1.82, 2.24) is 0 Å². The maximum atomic E-state index is 11.6. The Morgan fingerprint density at radius 1 is 1.05 bits per heavy atom. The lowest BCUT2D eigenvalue weighted by Gasteiger charge is -2.13. The summed E-state index contributed by atoms with van der Waals surface area (Å²) in [7, 11) is 0. The molecule has 3 rings (SSSR count). The van der Waals surface area contributed by atoms with Crippen molar-refractivity contribution in [2.75, 3.05) is 0 Å². The molecular formula is C17H16OS. The Morgan fingerprint density at radius 2 is 1.89 bits per heavy atom. The van der Waals surface area contributed by atoms with Gasteiger partial charge in [-0.3, -0.25) is 4.79 Å². The first-order chi connectivity index (χ1) is 9.22. The van der Waals surface area contributed by atoms with E-state index in [4.69, 9.17) is 0 Å². The zero-order valence-corrected chi connectivity index (χ0v) is 12.0. The summed E-state index contributed by atoms with van der Waals surface area (Å²) < 4.78 is 1.32. The van der Waals surface area contributed by atoms with Crippen LogP contribution in [0.3, 0.4) is 0 Å². The summed E-state index contributed by atoms with van der Waals surface area (Å²) in [5.41, 5.74) is 5.07. The Bertz CT molecular complexity index is 770. The van der Waals surface area contributed by atoms with Crippen LogP contribution in [0.25, 0.3) is 21.2 Å². The van der Waals surface area contributed by atoms with E-state index in [1.165, 1.54) is 21.2 Å². The van der Waals surface area contributed by atoms with Crippen LogP contribution in [0.4, 0.5) is 0 Å². The molecule has 96 valence electrons. The summed E-state index contributed by atoms with van der Waals surface area (Å²) in [5.74, 6) is 0. The Balaban J connectivity index is 2.49. The van der Waals surface area contributed by atoms with E-state index in [2.05, 4.69) is 31.4 Å². The van der Waals surface area contributed by atoms with Crippen molar-refractivity contribution in [3.63, 3.8) is 0 Å². The molecule has 1 aliphatic heterocycles. The fourth-order valence-corrected chi connectivity index (χ4v) is 3.66. The van der Waals surface area contributed by atoms with Gasteiger partial charge in [0.1, 0.15) is 0 Å². The number of aryl methyl sites for hydroxylation is 2. The van der Waals surface area contributed by atoms with Crippen LogP contribution < -0.4 is 5.43 Å². The van der Waals surface area contributed by atoms with Crippen molar-refractivity contribution in [3.05, 3.63) is 57.1 Å². The van der Waals surface area contributed by atoms with E-state index in [0.717, 1.165) is 24.0 Å². The molecule has 1 aromatic carbocycles. The van der Waals surface area contributed by atoms with Crippen LogP contribution in [0.1, 0.15) is 25.0 Å². The van der Waals surface area contributed by atoms with Crippen LogP contribution in [-0.2, 0) is 12.8 Å². The van der Waals surface area contributed by atoms with Gasteiger partial charge in [0, 0.05) is 10.1 Å². The topological polar surface area (TPSA) is 17.1 Å². The summed E-state index contributed by atoms with van der Waals surface area (Å²) in [6, 6.07) is 9.88. The van der Waals surface area contributed by atoms with E-state index >= 15 is 0 Å². The minimum atomic E-state index is 0.0879. The fraction of sp³-hybridized carbons (Fsp3) is 0.235. The molecule has 0 saturated carbocycles. The van der Waals surface area contributed by atoms with E-state index in [9.17, 15) is 4.79 Å². The predicted octanol–water partition coefficient (Wildman–Crippen LogP) is 4.49. The number of benzene rings is 2. The minimum absolute atomic E-state index is 0.0879. The summed E-state index contributed by atoms with van der Waals surface area (Å²) in [6.45, 7) is 4.36. The Kier molecular flexibility index (Phi) is 3.11. The third kappa shape index (κ3) is 2.06. The van der Waals surface area contributed by atoms with E-state index in [1.54, 1.807) is 23.5 Å². The van der Waals surface area contributed by atoms with Crippen molar-refractivity contribution in [3.8, 4) is 11.1 Å². The zero-order chi connectivity index (χ0) is 13.4. The second kappa shape index (κ2) is 4.78. The third-order valence-electron chi connectivity index (χ3n) is 3.63. The average Bonchev–Trinajstić information content (AvgIpc) is 2.45. The lowest BCUT2D eigenvalue weighted by molar-refractivity contribution is 1.11. The number of rotatable bonds is 2. The van der Waals surface area contributed by atoms with Crippen LogP contribution in [0.5, 0.6) is 0 Å². The van der Waals surface area contributed by atoms with Gasteiger partial charge in [0.25, 0.3) is 0 Å². The third-order valence-corrected chi connectivity index (χ3v) is 4.72. The van der Waals surface area contributed by atoms with Crippen LogP contribution in [-0.4, -0.2) is 0 Å². The smallest absolute Gasteiger partial charge is 0.179 e. The fourth-order valence-electron chi connectivity index (χ4n) is 2.55. The van der Waals surface area contributed by atoms with E-state index in [0.29, 0.717) is 0 Å². The van der Waals surface area contributed by atoms with E-state index in [1.807, 2.05) is 6.07 Å². The quantitative estimate of drug-likeness (QED) is 0.626. The van der Waals surface area contributed by atoms with Gasteiger partial charge in [-0.05, 0) is 64.7 Å². The summed E-state index contributed by atoms with van der Waals surface area (Å²) >= 11 is 1.78. The van der Waals surface area contributed by atoms with Gasteiger partial charge in [0.15, 0.2) is 5.43 Å². The first-order valence-corrected chi connectivity index (χ1v) is 7.58. The molecule has 0 fully saturated rings. The SMILES string of the molecule is CCc1cc(CC)c2scc3ccc(=O)cc-3c2c1. The van der Waals surface area contributed by atoms with Gasteiger partial charge >= 0.3 is 0 Å². The van der Waals surface area contributed by atoms with Crippen LogP contribution >= 0.6 is 11.3 Å². The highest BCUT2D eigenvalue weighted by atomic mass is 32.1. The molecular weight excluding hydrogens is 252 g/mol. The lowest BCUT2D eigenvalue weighted by Crippen LogP contribution is -1.98. The van der Waals surface area contributed by atoms with Gasteiger partial charge < -0.3 is 0 Å². The molecule has 1 heterocycles. The monoisotopic (exact) mass is 268 g/mol. The number of hydrogen-bond acceptors (Lipinski definition) is 2. The largest absolute Gasteiger partial charge is 0.290 e. The molecule has 0 spiro atoms. The first kappa shape index (κ1) is 12.4. The molecule has 0 bridgehead atoms. The highest BCUT2D eigenvalue weighted by molar-refractivity contribution is 7.17. The highest BCUT2D eigenvalue weighted by Crippen LogP contribution is 2.35. The standard InChI is InChI=1S/C17H16OS/c1-3-11-7-12(4-2)17-16(8-11)15-9-14(18)6-5-13(15)10-19-17/h5-10H,3-4H2,1-2H3. The molecule has 1 aliphatic carbocycles. The second-order valence-corrected chi connectivity index (χ2v) is 5.70. The average molecular weight is 268 g/mol. The van der Waals surface area contributed by atoms with Crippen LogP contribution in [0.2, 0.25) is 0 Å². The molecule has 0 aromatic heterocycles. The Labute approximate surface area is 116 Å². The van der Waals surface area contributed by atoms with Gasteiger partial charge in [-0.2, -0.15) is 0 Å². The molecule has 0 unspecified atom stereocenters. The molecule has 0 N–H and O–H groups in total.